The number of aliphatic imine (C=N–C) groups is 2. The van der Waals surface area contributed by atoms with Crippen LogP contribution < -0.4 is 10.6 Å². The second kappa shape index (κ2) is 14.0. The number of carbonyl (C=O) groups excluding carboxylic acids is 1. The van der Waals surface area contributed by atoms with E-state index < -0.39 is 0 Å². The fourth-order valence-corrected chi connectivity index (χ4v) is 3.54. The number of amidine groups is 1. The van der Waals surface area contributed by atoms with Crippen molar-refractivity contribution in [1.29, 1.82) is 0 Å². The van der Waals surface area contributed by atoms with Crippen molar-refractivity contribution in [3.63, 3.8) is 0 Å². The molecule has 2 rings (SSSR count). The number of benzene rings is 2. The first kappa shape index (κ1) is 28.5. The fourth-order valence-electron chi connectivity index (χ4n) is 3.54. The topological polar surface area (TPSA) is 78.3 Å². The van der Waals surface area contributed by atoms with Crippen LogP contribution in [0.3, 0.4) is 0 Å². The van der Waals surface area contributed by atoms with Crippen LogP contribution in [0.5, 0.6) is 0 Å². The maximum absolute atomic E-state index is 12.8. The van der Waals surface area contributed by atoms with E-state index in [4.69, 9.17) is 4.74 Å². The molecular weight excluding hydrogens is 450 g/mol. The van der Waals surface area contributed by atoms with Crippen molar-refractivity contribution in [1.82, 2.24) is 4.90 Å². The molecule has 0 fully saturated rings. The smallest absolute Gasteiger partial charge is 0.253 e. The van der Waals surface area contributed by atoms with Crippen LogP contribution in [0.1, 0.15) is 47.8 Å². The van der Waals surface area contributed by atoms with Crippen molar-refractivity contribution >= 4 is 34.4 Å². The van der Waals surface area contributed by atoms with Gasteiger partial charge in [-0.25, -0.2) is 4.99 Å². The number of amides is 1. The minimum absolute atomic E-state index is 0.0322. The molecule has 2 aromatic carbocycles. The van der Waals surface area contributed by atoms with E-state index >= 15 is 0 Å². The largest absolute Gasteiger partial charge is 0.388 e. The van der Waals surface area contributed by atoms with Crippen LogP contribution in [0.4, 0.5) is 11.4 Å². The van der Waals surface area contributed by atoms with Gasteiger partial charge in [-0.1, -0.05) is 12.1 Å². The van der Waals surface area contributed by atoms with E-state index in [0.717, 1.165) is 33.8 Å². The average molecular weight is 490 g/mol. The zero-order chi connectivity index (χ0) is 26.7. The molecule has 2 aromatic rings. The molecule has 0 unspecified atom stereocenters. The summed E-state index contributed by atoms with van der Waals surface area (Å²) in [7, 11) is 5.33. The highest BCUT2D eigenvalue weighted by atomic mass is 16.5. The van der Waals surface area contributed by atoms with Crippen LogP contribution in [-0.2, 0) is 4.74 Å². The number of ether oxygens (including phenoxy) is 1. The first-order valence-electron chi connectivity index (χ1n) is 12.0. The number of nitrogens with one attached hydrogen (secondary N) is 2. The molecule has 0 spiro atoms. The number of anilines is 2. The van der Waals surface area contributed by atoms with E-state index in [2.05, 4.69) is 45.7 Å². The summed E-state index contributed by atoms with van der Waals surface area (Å²) >= 11 is 0. The first-order valence-corrected chi connectivity index (χ1v) is 12.0. The molecule has 0 atom stereocenters. The van der Waals surface area contributed by atoms with E-state index in [-0.39, 0.29) is 5.91 Å². The number of hydrogen-bond donors (Lipinski definition) is 2. The Morgan fingerprint density at radius 2 is 1.83 bits per heavy atom. The SMILES string of the molecule is C/C=C\N=C(Nc1ccc(C(=O)N(C)CCOC)c(C)c1)C(C)=N/C=C(\C)c1ccc(NC)c(C)c1. The molecule has 7 heteroatoms. The third kappa shape index (κ3) is 7.92. The highest BCUT2D eigenvalue weighted by Gasteiger charge is 2.15. The van der Waals surface area contributed by atoms with Crippen molar-refractivity contribution in [2.45, 2.75) is 34.6 Å². The molecule has 0 saturated carbocycles. The lowest BCUT2D eigenvalue weighted by Crippen LogP contribution is -2.30. The number of rotatable bonds is 10. The quantitative estimate of drug-likeness (QED) is 0.320. The third-order valence-corrected chi connectivity index (χ3v) is 5.80. The summed E-state index contributed by atoms with van der Waals surface area (Å²) in [4.78, 5) is 23.7. The fraction of sp³-hybridized carbons (Fsp3) is 0.345. The summed E-state index contributed by atoms with van der Waals surface area (Å²) in [5, 5.41) is 6.55. The predicted octanol–water partition coefficient (Wildman–Crippen LogP) is 5.93. The van der Waals surface area contributed by atoms with Crippen LogP contribution >= 0.6 is 0 Å². The van der Waals surface area contributed by atoms with Gasteiger partial charge in [0.15, 0.2) is 5.84 Å². The maximum atomic E-state index is 12.8. The number of methoxy groups -OCH3 is 1. The van der Waals surface area contributed by atoms with E-state index in [1.54, 1.807) is 25.3 Å². The molecule has 0 radical (unpaired) electrons. The number of hydrogen-bond acceptors (Lipinski definition) is 5. The van der Waals surface area contributed by atoms with Gasteiger partial charge in [-0.2, -0.15) is 0 Å². The molecule has 0 aliphatic rings. The van der Waals surface area contributed by atoms with Gasteiger partial charge < -0.3 is 20.3 Å². The van der Waals surface area contributed by atoms with Gasteiger partial charge in [-0.3, -0.25) is 9.79 Å². The van der Waals surface area contributed by atoms with Crippen LogP contribution in [0.25, 0.3) is 5.57 Å². The van der Waals surface area contributed by atoms with Gasteiger partial charge in [0.25, 0.3) is 5.91 Å². The Kier molecular flexibility index (Phi) is 11.1. The Morgan fingerprint density at radius 3 is 2.44 bits per heavy atom. The van der Waals surface area contributed by atoms with Crippen molar-refractivity contribution in [2.24, 2.45) is 9.98 Å². The molecule has 0 aliphatic carbocycles. The first-order chi connectivity index (χ1) is 17.2. The molecule has 0 bridgehead atoms. The molecule has 0 heterocycles. The monoisotopic (exact) mass is 489 g/mol. The van der Waals surface area contributed by atoms with Gasteiger partial charge in [-0.15, -0.1) is 0 Å². The summed E-state index contributed by atoms with van der Waals surface area (Å²) in [6.07, 6.45) is 5.46. The Morgan fingerprint density at radius 1 is 1.08 bits per heavy atom. The summed E-state index contributed by atoms with van der Waals surface area (Å²) in [6.45, 7) is 10.9. The van der Waals surface area contributed by atoms with Gasteiger partial charge in [0.2, 0.25) is 0 Å². The highest BCUT2D eigenvalue weighted by Crippen LogP contribution is 2.21. The number of allylic oxidation sites excluding steroid dienone is 2. The summed E-state index contributed by atoms with van der Waals surface area (Å²) in [5.74, 6) is 0.602. The molecule has 0 aromatic heterocycles. The van der Waals surface area contributed by atoms with Crippen molar-refractivity contribution in [3.05, 3.63) is 77.1 Å². The molecule has 192 valence electrons. The van der Waals surface area contributed by atoms with Crippen LogP contribution in [0, 0.1) is 13.8 Å². The minimum Gasteiger partial charge on any atom is -0.388 e. The number of likely N-dealkylation sites (N-methyl/N-ethyl adjacent to an activating group) is 1. The van der Waals surface area contributed by atoms with Gasteiger partial charge in [0.1, 0.15) is 0 Å². The molecule has 0 saturated heterocycles. The Balaban J connectivity index is 2.26. The lowest BCUT2D eigenvalue weighted by molar-refractivity contribution is 0.0743. The molecule has 1 amide bonds. The molecule has 2 N–H and O–H groups in total. The standard InChI is InChI=1S/C29H39N5O2/c1-9-14-31-28(23(5)32-19-22(4)24-10-13-27(30-6)21(3)17-24)33-25-11-12-26(20(2)18-25)29(35)34(7)15-16-36-8/h9-14,17-19,30H,15-16H2,1-8H3,(H,31,33)/b14-9-,22-19+,32-23?. The molecule has 0 aliphatic heterocycles. The predicted molar refractivity (Wildman–Crippen MR) is 153 cm³/mol. The van der Waals surface area contributed by atoms with Crippen LogP contribution in [0.2, 0.25) is 0 Å². The number of nitrogens with zero attached hydrogens (tertiary/aromatic N) is 3. The summed E-state index contributed by atoms with van der Waals surface area (Å²) in [6, 6.07) is 12.0. The van der Waals surface area contributed by atoms with E-state index in [1.165, 1.54) is 5.56 Å². The lowest BCUT2D eigenvalue weighted by Gasteiger charge is -2.18. The van der Waals surface area contributed by atoms with Crippen LogP contribution in [-0.4, -0.2) is 56.7 Å². The van der Waals surface area contributed by atoms with E-state index in [0.29, 0.717) is 24.6 Å². The van der Waals surface area contributed by atoms with Crippen molar-refractivity contribution < 1.29 is 9.53 Å². The summed E-state index contributed by atoms with van der Waals surface area (Å²) < 4.78 is 5.08. The van der Waals surface area contributed by atoms with Gasteiger partial charge in [0, 0.05) is 57.1 Å². The minimum atomic E-state index is -0.0322. The zero-order valence-corrected chi connectivity index (χ0v) is 22.8. The van der Waals surface area contributed by atoms with Gasteiger partial charge in [-0.05, 0) is 87.2 Å². The van der Waals surface area contributed by atoms with Crippen molar-refractivity contribution in [2.75, 3.05) is 45.0 Å². The Labute approximate surface area is 215 Å². The maximum Gasteiger partial charge on any atom is 0.253 e. The zero-order valence-electron chi connectivity index (χ0n) is 22.8. The average Bonchev–Trinajstić information content (AvgIpc) is 2.87. The molecule has 7 nitrogen and oxygen atoms in total. The molecular formula is C29H39N5O2. The summed E-state index contributed by atoms with van der Waals surface area (Å²) in [5.41, 5.74) is 7.59. The number of aryl methyl sites for hydroxylation is 2. The third-order valence-electron chi connectivity index (χ3n) is 5.80. The van der Waals surface area contributed by atoms with E-state index in [9.17, 15) is 4.79 Å². The number of carbonyl (C=O) groups is 1. The van der Waals surface area contributed by atoms with Crippen LogP contribution in [0.15, 0.2) is 64.9 Å². The van der Waals surface area contributed by atoms with Crippen molar-refractivity contribution in [3.8, 4) is 0 Å². The highest BCUT2D eigenvalue weighted by molar-refractivity contribution is 6.45. The Bertz CT molecular complexity index is 1180. The second-order valence-corrected chi connectivity index (χ2v) is 8.64. The van der Waals surface area contributed by atoms with E-state index in [1.807, 2.05) is 65.2 Å². The lowest BCUT2D eigenvalue weighted by atomic mass is 10.0. The van der Waals surface area contributed by atoms with Gasteiger partial charge in [0.05, 0.1) is 12.3 Å². The van der Waals surface area contributed by atoms with Gasteiger partial charge >= 0.3 is 0 Å². The Hall–Kier alpha value is -3.71. The second-order valence-electron chi connectivity index (χ2n) is 8.64. The molecule has 36 heavy (non-hydrogen) atoms. The normalized spacial score (nSPS) is 12.7.